The van der Waals surface area contributed by atoms with Crippen LogP contribution in [0, 0.1) is 0 Å². The van der Waals surface area contributed by atoms with Gasteiger partial charge in [0.05, 0.1) is 17.9 Å². The maximum atomic E-state index is 13.1. The van der Waals surface area contributed by atoms with E-state index in [-0.39, 0.29) is 11.8 Å². The van der Waals surface area contributed by atoms with Crippen LogP contribution in [0.2, 0.25) is 0 Å². The summed E-state index contributed by atoms with van der Waals surface area (Å²) in [6.45, 7) is 4.44. The van der Waals surface area contributed by atoms with Gasteiger partial charge in [-0.1, -0.05) is 51.2 Å². The third kappa shape index (κ3) is 6.84. The number of hydrogen-bond donors (Lipinski definition) is 1. The van der Waals surface area contributed by atoms with Crippen molar-refractivity contribution in [3.05, 3.63) is 59.7 Å². The van der Waals surface area contributed by atoms with Crippen LogP contribution >= 0.6 is 0 Å². The number of hydrogen-bond acceptors (Lipinski definition) is 3. The fraction of sp³-hybridized carbons (Fsp3) is 0.462. The molecule has 1 saturated heterocycles. The van der Waals surface area contributed by atoms with Crippen molar-refractivity contribution < 1.29 is 14.3 Å². The van der Waals surface area contributed by atoms with Crippen molar-refractivity contribution in [2.75, 3.05) is 25.0 Å². The van der Waals surface area contributed by atoms with Gasteiger partial charge >= 0.3 is 0 Å². The zero-order valence-electron chi connectivity index (χ0n) is 18.6. The van der Waals surface area contributed by atoms with E-state index < -0.39 is 0 Å². The fourth-order valence-electron chi connectivity index (χ4n) is 3.84. The Morgan fingerprint density at radius 2 is 1.61 bits per heavy atom. The number of benzene rings is 2. The second-order valence-corrected chi connectivity index (χ2v) is 8.14. The predicted molar refractivity (Wildman–Crippen MR) is 125 cm³/mol. The zero-order chi connectivity index (χ0) is 21.9. The molecule has 1 aliphatic heterocycles. The molecule has 0 radical (unpaired) electrons. The van der Waals surface area contributed by atoms with Crippen LogP contribution in [0.1, 0.15) is 79.0 Å². The molecule has 0 spiro atoms. The molecule has 2 amide bonds. The minimum Gasteiger partial charge on any atom is -0.494 e. The van der Waals surface area contributed by atoms with Crippen LogP contribution in [0.5, 0.6) is 5.75 Å². The van der Waals surface area contributed by atoms with E-state index in [1.165, 1.54) is 32.1 Å². The molecule has 5 heteroatoms. The third-order valence-electron chi connectivity index (χ3n) is 5.68. The van der Waals surface area contributed by atoms with Gasteiger partial charge in [0, 0.05) is 18.7 Å². The molecule has 0 unspecified atom stereocenters. The molecular formula is C26H34N2O3. The second kappa shape index (κ2) is 12.1. The van der Waals surface area contributed by atoms with Gasteiger partial charge in [-0.25, -0.2) is 0 Å². The Bertz CT molecular complexity index is 840. The Morgan fingerprint density at radius 1 is 0.903 bits per heavy atom. The molecule has 31 heavy (non-hydrogen) atoms. The first-order valence-electron chi connectivity index (χ1n) is 11.6. The molecule has 1 N–H and O–H groups in total. The lowest BCUT2D eigenvalue weighted by molar-refractivity contribution is 0.0762. The van der Waals surface area contributed by atoms with Gasteiger partial charge in [0.15, 0.2) is 0 Å². The van der Waals surface area contributed by atoms with Crippen molar-refractivity contribution in [3.8, 4) is 5.75 Å². The van der Waals surface area contributed by atoms with E-state index in [1.54, 1.807) is 24.3 Å². The SMILES string of the molecule is CCCCCCOc1ccc(C(=O)Nc2ccccc2C(=O)N2CCCCCC2)cc1. The standard InChI is InChI=1S/C26H34N2O3/c1-2-3-4-11-20-31-22-16-14-21(15-17-22)25(29)27-24-13-8-7-12-23(24)26(30)28-18-9-5-6-10-19-28/h7-8,12-17H,2-6,9-11,18-20H2,1H3,(H,27,29). The van der Waals surface area contributed by atoms with Gasteiger partial charge in [0.2, 0.25) is 0 Å². The van der Waals surface area contributed by atoms with Crippen LogP contribution in [0.4, 0.5) is 5.69 Å². The first kappa shape index (κ1) is 22.9. The van der Waals surface area contributed by atoms with E-state index in [0.29, 0.717) is 23.4 Å². The Labute approximate surface area is 185 Å². The zero-order valence-corrected chi connectivity index (χ0v) is 18.6. The topological polar surface area (TPSA) is 58.6 Å². The molecule has 0 aliphatic carbocycles. The summed E-state index contributed by atoms with van der Waals surface area (Å²) < 4.78 is 5.75. The number of para-hydroxylation sites is 1. The average molecular weight is 423 g/mol. The van der Waals surface area contributed by atoms with Gasteiger partial charge in [0.25, 0.3) is 11.8 Å². The summed E-state index contributed by atoms with van der Waals surface area (Å²) in [5.74, 6) is 0.528. The molecule has 0 atom stereocenters. The number of nitrogens with zero attached hydrogens (tertiary/aromatic N) is 1. The highest BCUT2D eigenvalue weighted by Gasteiger charge is 2.20. The predicted octanol–water partition coefficient (Wildman–Crippen LogP) is 5.91. The molecule has 3 rings (SSSR count). The number of carbonyl (C=O) groups is 2. The maximum absolute atomic E-state index is 13.1. The van der Waals surface area contributed by atoms with Crippen LogP contribution in [0.15, 0.2) is 48.5 Å². The normalized spacial score (nSPS) is 14.0. The van der Waals surface area contributed by atoms with Crippen LogP contribution in [-0.4, -0.2) is 36.4 Å². The van der Waals surface area contributed by atoms with Gasteiger partial charge in [0.1, 0.15) is 5.75 Å². The molecule has 1 heterocycles. The quantitative estimate of drug-likeness (QED) is 0.511. The second-order valence-electron chi connectivity index (χ2n) is 8.14. The van der Waals surface area contributed by atoms with Gasteiger partial charge in [-0.15, -0.1) is 0 Å². The molecular weight excluding hydrogens is 388 g/mol. The summed E-state index contributed by atoms with van der Waals surface area (Å²) in [6.07, 6.45) is 9.05. The summed E-state index contributed by atoms with van der Waals surface area (Å²) >= 11 is 0. The number of ether oxygens (including phenoxy) is 1. The van der Waals surface area contributed by atoms with Gasteiger partial charge < -0.3 is 15.0 Å². The summed E-state index contributed by atoms with van der Waals surface area (Å²) in [7, 11) is 0. The third-order valence-corrected chi connectivity index (χ3v) is 5.68. The van der Waals surface area contributed by atoms with Crippen LogP contribution < -0.4 is 10.1 Å². The monoisotopic (exact) mass is 422 g/mol. The summed E-state index contributed by atoms with van der Waals surface area (Å²) in [5, 5.41) is 2.92. The number of carbonyl (C=O) groups excluding carboxylic acids is 2. The molecule has 1 aliphatic rings. The van der Waals surface area contributed by atoms with Crippen molar-refractivity contribution in [3.63, 3.8) is 0 Å². The van der Waals surface area contributed by atoms with E-state index in [1.807, 2.05) is 29.2 Å². The Balaban J connectivity index is 1.61. The van der Waals surface area contributed by atoms with Gasteiger partial charge in [-0.3, -0.25) is 9.59 Å². The van der Waals surface area contributed by atoms with Crippen LogP contribution in [-0.2, 0) is 0 Å². The fourth-order valence-corrected chi connectivity index (χ4v) is 3.84. The lowest BCUT2D eigenvalue weighted by Crippen LogP contribution is -2.32. The van der Waals surface area contributed by atoms with Crippen LogP contribution in [0.25, 0.3) is 0 Å². The largest absolute Gasteiger partial charge is 0.494 e. The highest BCUT2D eigenvalue weighted by atomic mass is 16.5. The van der Waals surface area contributed by atoms with E-state index in [0.717, 1.165) is 38.1 Å². The lowest BCUT2D eigenvalue weighted by Gasteiger charge is -2.22. The Hall–Kier alpha value is -2.82. The maximum Gasteiger partial charge on any atom is 0.255 e. The molecule has 2 aromatic rings. The summed E-state index contributed by atoms with van der Waals surface area (Å²) in [6, 6.07) is 14.4. The van der Waals surface area contributed by atoms with Crippen molar-refractivity contribution in [1.29, 1.82) is 0 Å². The highest BCUT2D eigenvalue weighted by molar-refractivity contribution is 6.09. The number of rotatable bonds is 9. The number of nitrogens with one attached hydrogen (secondary N) is 1. The van der Waals surface area contributed by atoms with Gasteiger partial charge in [-0.05, 0) is 55.7 Å². The molecule has 1 fully saturated rings. The average Bonchev–Trinajstić information content (AvgIpc) is 3.09. The molecule has 166 valence electrons. The van der Waals surface area contributed by atoms with Crippen molar-refractivity contribution in [1.82, 2.24) is 4.90 Å². The van der Waals surface area contributed by atoms with E-state index in [2.05, 4.69) is 12.2 Å². The first-order valence-corrected chi connectivity index (χ1v) is 11.6. The molecule has 0 aromatic heterocycles. The first-order chi connectivity index (χ1) is 15.2. The summed E-state index contributed by atoms with van der Waals surface area (Å²) in [4.78, 5) is 27.8. The van der Waals surface area contributed by atoms with E-state index in [4.69, 9.17) is 4.74 Å². The number of anilines is 1. The van der Waals surface area contributed by atoms with Crippen molar-refractivity contribution in [2.24, 2.45) is 0 Å². The van der Waals surface area contributed by atoms with E-state index in [9.17, 15) is 9.59 Å². The van der Waals surface area contributed by atoms with Crippen molar-refractivity contribution in [2.45, 2.75) is 58.3 Å². The molecule has 5 nitrogen and oxygen atoms in total. The lowest BCUT2D eigenvalue weighted by atomic mass is 10.1. The summed E-state index contributed by atoms with van der Waals surface area (Å²) in [5.41, 5.74) is 1.64. The molecule has 0 bridgehead atoms. The van der Waals surface area contributed by atoms with Crippen molar-refractivity contribution >= 4 is 17.5 Å². The molecule has 0 saturated carbocycles. The Morgan fingerprint density at radius 3 is 2.32 bits per heavy atom. The molecule has 2 aromatic carbocycles. The number of amides is 2. The number of likely N-dealkylation sites (tertiary alicyclic amines) is 1. The minimum absolute atomic E-state index is 0.00961. The minimum atomic E-state index is -0.231. The number of unbranched alkanes of at least 4 members (excludes halogenated alkanes) is 3. The van der Waals surface area contributed by atoms with Crippen LogP contribution in [0.3, 0.4) is 0 Å². The highest BCUT2D eigenvalue weighted by Crippen LogP contribution is 2.21. The van der Waals surface area contributed by atoms with Gasteiger partial charge in [-0.2, -0.15) is 0 Å². The smallest absolute Gasteiger partial charge is 0.255 e. The van der Waals surface area contributed by atoms with E-state index >= 15 is 0 Å². The Kier molecular flexibility index (Phi) is 8.95.